The van der Waals surface area contributed by atoms with E-state index in [1.807, 2.05) is 26.8 Å². The monoisotopic (exact) mass is 419 g/mol. The molecular weight excluding hydrogens is 390 g/mol. The molecule has 0 radical (unpaired) electrons. The average Bonchev–Trinajstić information content (AvgIpc) is 3.51. The minimum absolute atomic E-state index is 0.00260. The minimum atomic E-state index is -3.67. The van der Waals surface area contributed by atoms with Gasteiger partial charge in [0, 0.05) is 18.2 Å². The van der Waals surface area contributed by atoms with Gasteiger partial charge in [0.05, 0.1) is 25.2 Å². The van der Waals surface area contributed by atoms with Crippen molar-refractivity contribution in [3.05, 3.63) is 47.5 Å². The summed E-state index contributed by atoms with van der Waals surface area (Å²) < 4.78 is 45.0. The van der Waals surface area contributed by atoms with Crippen LogP contribution in [0.5, 0.6) is 17.2 Å². The first kappa shape index (κ1) is 21.5. The van der Waals surface area contributed by atoms with Crippen molar-refractivity contribution in [2.24, 2.45) is 0 Å². The topological polar surface area (TPSA) is 65.1 Å². The molecule has 0 heterocycles. The van der Waals surface area contributed by atoms with Gasteiger partial charge < -0.3 is 14.2 Å². The van der Waals surface area contributed by atoms with Crippen LogP contribution in [0.25, 0.3) is 0 Å². The molecular formula is C22H29NO5S. The lowest BCUT2D eigenvalue weighted by Crippen LogP contribution is -2.33. The number of benzene rings is 2. The molecule has 2 aromatic rings. The Hall–Kier alpha value is -2.25. The molecule has 2 aromatic carbocycles. The van der Waals surface area contributed by atoms with E-state index >= 15 is 0 Å². The van der Waals surface area contributed by atoms with Crippen LogP contribution in [0.4, 0.5) is 0 Å². The molecule has 29 heavy (non-hydrogen) atoms. The largest absolute Gasteiger partial charge is 0.497 e. The summed E-state index contributed by atoms with van der Waals surface area (Å²) in [5, 5.41) is 0. The summed E-state index contributed by atoms with van der Waals surface area (Å²) in [7, 11) is -0.498. The van der Waals surface area contributed by atoms with Gasteiger partial charge in [0.15, 0.2) is 0 Å². The second-order valence-electron chi connectivity index (χ2n) is 7.55. The van der Waals surface area contributed by atoms with E-state index in [4.69, 9.17) is 14.2 Å². The molecule has 158 valence electrons. The first-order valence-electron chi connectivity index (χ1n) is 9.76. The van der Waals surface area contributed by atoms with Gasteiger partial charge in [-0.05, 0) is 75.6 Å². The second kappa shape index (κ2) is 8.63. The molecule has 1 fully saturated rings. The SMILES string of the molecule is COc1ccc(OC)c(CN(C2CC2)S(=O)(=O)c2ccc(OC(C)C)c(C)c2)c1. The van der Waals surface area contributed by atoms with E-state index < -0.39 is 10.0 Å². The van der Waals surface area contributed by atoms with E-state index in [1.165, 1.54) is 0 Å². The molecule has 0 bridgehead atoms. The molecule has 0 N–H and O–H groups in total. The molecule has 0 aliphatic heterocycles. The Bertz CT molecular complexity index is 967. The maximum atomic E-state index is 13.5. The molecule has 6 nitrogen and oxygen atoms in total. The third-order valence-electron chi connectivity index (χ3n) is 4.88. The maximum Gasteiger partial charge on any atom is 0.243 e. The quantitative estimate of drug-likeness (QED) is 0.611. The zero-order valence-corrected chi connectivity index (χ0v) is 18.5. The third kappa shape index (κ3) is 4.85. The van der Waals surface area contributed by atoms with E-state index in [1.54, 1.807) is 48.9 Å². The van der Waals surface area contributed by atoms with Crippen molar-refractivity contribution in [3.63, 3.8) is 0 Å². The van der Waals surface area contributed by atoms with Crippen molar-refractivity contribution in [3.8, 4) is 17.2 Å². The summed E-state index contributed by atoms with van der Waals surface area (Å²) in [5.41, 5.74) is 1.58. The standard InChI is InChI=1S/C22H29NO5S/c1-15(2)28-21-11-9-20(12-16(21)3)29(24,25)23(18-6-7-18)14-17-13-19(26-4)8-10-22(17)27-5/h8-13,15,18H,6-7,14H2,1-5H3. The molecule has 0 unspecified atom stereocenters. The number of nitrogens with zero attached hydrogens (tertiary/aromatic N) is 1. The molecule has 1 aliphatic carbocycles. The van der Waals surface area contributed by atoms with Crippen LogP contribution in [0.1, 0.15) is 37.8 Å². The first-order valence-corrected chi connectivity index (χ1v) is 11.2. The highest BCUT2D eigenvalue weighted by Crippen LogP contribution is 2.36. The highest BCUT2D eigenvalue weighted by molar-refractivity contribution is 7.89. The van der Waals surface area contributed by atoms with E-state index in [0.29, 0.717) is 17.2 Å². The number of hydrogen-bond acceptors (Lipinski definition) is 5. The summed E-state index contributed by atoms with van der Waals surface area (Å²) in [4.78, 5) is 0.278. The first-order chi connectivity index (χ1) is 13.8. The lowest BCUT2D eigenvalue weighted by atomic mass is 10.2. The Labute approximate surface area is 173 Å². The Balaban J connectivity index is 1.94. The molecule has 0 amide bonds. The number of methoxy groups -OCH3 is 2. The molecule has 0 atom stereocenters. The molecule has 0 saturated heterocycles. The van der Waals surface area contributed by atoms with Crippen LogP contribution in [0.2, 0.25) is 0 Å². The van der Waals surface area contributed by atoms with Gasteiger partial charge in [-0.15, -0.1) is 0 Å². The number of rotatable bonds is 9. The summed E-state index contributed by atoms with van der Waals surface area (Å²) in [6.07, 6.45) is 1.75. The van der Waals surface area contributed by atoms with Gasteiger partial charge in [-0.25, -0.2) is 8.42 Å². The average molecular weight is 420 g/mol. The lowest BCUT2D eigenvalue weighted by Gasteiger charge is -2.24. The van der Waals surface area contributed by atoms with Crippen LogP contribution in [-0.2, 0) is 16.6 Å². The van der Waals surface area contributed by atoms with Crippen molar-refractivity contribution in [1.29, 1.82) is 0 Å². The van der Waals surface area contributed by atoms with Gasteiger partial charge in [-0.2, -0.15) is 4.31 Å². The second-order valence-corrected chi connectivity index (χ2v) is 9.44. The zero-order valence-electron chi connectivity index (χ0n) is 17.6. The van der Waals surface area contributed by atoms with Gasteiger partial charge >= 0.3 is 0 Å². The van der Waals surface area contributed by atoms with Gasteiger partial charge in [0.1, 0.15) is 17.2 Å². The summed E-state index contributed by atoms with van der Waals surface area (Å²) in [5.74, 6) is 2.01. The Morgan fingerprint density at radius 3 is 2.28 bits per heavy atom. The predicted molar refractivity (Wildman–Crippen MR) is 112 cm³/mol. The van der Waals surface area contributed by atoms with Gasteiger partial charge in [0.25, 0.3) is 0 Å². The lowest BCUT2D eigenvalue weighted by molar-refractivity contribution is 0.240. The smallest absolute Gasteiger partial charge is 0.243 e. The Morgan fingerprint density at radius 2 is 1.72 bits per heavy atom. The number of sulfonamides is 1. The Morgan fingerprint density at radius 1 is 1.03 bits per heavy atom. The van der Waals surface area contributed by atoms with Crippen LogP contribution >= 0.6 is 0 Å². The fourth-order valence-corrected chi connectivity index (χ4v) is 5.00. The van der Waals surface area contributed by atoms with Crippen LogP contribution in [0.15, 0.2) is 41.3 Å². The van der Waals surface area contributed by atoms with Gasteiger partial charge in [-0.3, -0.25) is 0 Å². The van der Waals surface area contributed by atoms with Crippen molar-refractivity contribution >= 4 is 10.0 Å². The number of hydrogen-bond donors (Lipinski definition) is 0. The fraction of sp³-hybridized carbons (Fsp3) is 0.455. The maximum absolute atomic E-state index is 13.5. The molecule has 0 aromatic heterocycles. The molecule has 0 spiro atoms. The van der Waals surface area contributed by atoms with E-state index in [0.717, 1.165) is 24.0 Å². The van der Waals surface area contributed by atoms with Crippen LogP contribution in [0.3, 0.4) is 0 Å². The van der Waals surface area contributed by atoms with Crippen LogP contribution in [-0.4, -0.2) is 39.1 Å². The van der Waals surface area contributed by atoms with Crippen molar-refractivity contribution in [2.45, 2.75) is 57.2 Å². The summed E-state index contributed by atoms with van der Waals surface area (Å²) >= 11 is 0. The molecule has 3 rings (SSSR count). The molecule has 7 heteroatoms. The molecule has 1 aliphatic rings. The van der Waals surface area contributed by atoms with E-state index in [2.05, 4.69) is 0 Å². The minimum Gasteiger partial charge on any atom is -0.497 e. The number of aryl methyl sites for hydroxylation is 1. The number of ether oxygens (including phenoxy) is 3. The molecule has 1 saturated carbocycles. The highest BCUT2D eigenvalue weighted by atomic mass is 32.2. The normalized spacial score (nSPS) is 14.3. The highest BCUT2D eigenvalue weighted by Gasteiger charge is 2.38. The Kier molecular flexibility index (Phi) is 6.39. The van der Waals surface area contributed by atoms with Crippen molar-refractivity contribution < 1.29 is 22.6 Å². The third-order valence-corrected chi connectivity index (χ3v) is 6.78. The zero-order chi connectivity index (χ0) is 21.2. The summed E-state index contributed by atoms with van der Waals surface area (Å²) in [6, 6.07) is 10.5. The predicted octanol–water partition coefficient (Wildman–Crippen LogP) is 4.15. The fourth-order valence-electron chi connectivity index (χ4n) is 3.25. The van der Waals surface area contributed by atoms with Gasteiger partial charge in [-0.1, -0.05) is 0 Å². The van der Waals surface area contributed by atoms with E-state index in [-0.39, 0.29) is 23.6 Å². The van der Waals surface area contributed by atoms with Crippen LogP contribution in [0, 0.1) is 6.92 Å². The van der Waals surface area contributed by atoms with Crippen molar-refractivity contribution in [2.75, 3.05) is 14.2 Å². The van der Waals surface area contributed by atoms with Crippen LogP contribution < -0.4 is 14.2 Å². The van der Waals surface area contributed by atoms with Crippen molar-refractivity contribution in [1.82, 2.24) is 4.31 Å². The van der Waals surface area contributed by atoms with Gasteiger partial charge in [0.2, 0.25) is 10.0 Å². The van der Waals surface area contributed by atoms with E-state index in [9.17, 15) is 8.42 Å². The summed E-state index contributed by atoms with van der Waals surface area (Å²) in [6.45, 7) is 5.99.